The molecule has 1 aliphatic heterocycles. The molecule has 3 rings (SSSR count). The fourth-order valence-corrected chi connectivity index (χ4v) is 4.03. The Kier molecular flexibility index (Phi) is 8.30. The quantitative estimate of drug-likeness (QED) is 0.420. The third-order valence-corrected chi connectivity index (χ3v) is 5.71. The highest BCUT2D eigenvalue weighted by atomic mass is 35.5. The Hall–Kier alpha value is -3.10. The van der Waals surface area contributed by atoms with Crippen molar-refractivity contribution in [2.24, 2.45) is 0 Å². The number of thiocarbonyl (C=S) groups is 1. The molecule has 1 unspecified atom stereocenters. The van der Waals surface area contributed by atoms with Gasteiger partial charge in [-0.1, -0.05) is 23.7 Å². The summed E-state index contributed by atoms with van der Waals surface area (Å²) in [6.45, 7) is 6.39. The number of amides is 1. The number of carbonyl (C=O) groups excluding carboxylic acids is 2. The highest BCUT2D eigenvalue weighted by molar-refractivity contribution is 7.80. The Morgan fingerprint density at radius 2 is 1.79 bits per heavy atom. The Bertz CT molecular complexity index is 1050. The van der Waals surface area contributed by atoms with Crippen LogP contribution in [0.2, 0.25) is 5.02 Å². The molecular formula is C24H26ClN3O4S. The summed E-state index contributed by atoms with van der Waals surface area (Å²) in [4.78, 5) is 26.8. The molecule has 2 aromatic rings. The van der Waals surface area contributed by atoms with Crippen molar-refractivity contribution in [2.45, 2.75) is 26.8 Å². The van der Waals surface area contributed by atoms with E-state index in [4.69, 9.17) is 33.3 Å². The van der Waals surface area contributed by atoms with E-state index in [9.17, 15) is 9.59 Å². The number of anilines is 1. The molecule has 0 aliphatic carbocycles. The molecule has 9 heteroatoms. The molecule has 0 bridgehead atoms. The Balaban J connectivity index is 1.71. The first-order chi connectivity index (χ1) is 15.8. The van der Waals surface area contributed by atoms with Crippen molar-refractivity contribution in [3.63, 3.8) is 0 Å². The molecular weight excluding hydrogens is 462 g/mol. The summed E-state index contributed by atoms with van der Waals surface area (Å²) in [5.74, 6) is -0.125. The smallest absolute Gasteiger partial charge is 0.338 e. The maximum Gasteiger partial charge on any atom is 0.338 e. The average Bonchev–Trinajstić information content (AvgIpc) is 2.79. The van der Waals surface area contributed by atoms with Crippen LogP contribution in [0.1, 0.15) is 32.4 Å². The first kappa shape index (κ1) is 24.5. The van der Waals surface area contributed by atoms with Gasteiger partial charge >= 0.3 is 5.97 Å². The summed E-state index contributed by atoms with van der Waals surface area (Å²) in [5.41, 5.74) is 2.71. The van der Waals surface area contributed by atoms with Crippen molar-refractivity contribution in [3.8, 4) is 5.75 Å². The molecule has 0 aromatic heterocycles. The molecule has 33 heavy (non-hydrogen) atoms. The van der Waals surface area contributed by atoms with Gasteiger partial charge in [0.25, 0.3) is 5.91 Å². The second-order valence-corrected chi connectivity index (χ2v) is 8.08. The van der Waals surface area contributed by atoms with E-state index in [1.54, 1.807) is 43.3 Å². The Labute approximate surface area is 203 Å². The molecule has 1 amide bonds. The number of halogens is 1. The number of rotatable bonds is 8. The molecule has 1 aliphatic rings. The first-order valence-electron chi connectivity index (χ1n) is 10.6. The Morgan fingerprint density at radius 1 is 1.12 bits per heavy atom. The lowest BCUT2D eigenvalue weighted by atomic mass is 9.95. The summed E-state index contributed by atoms with van der Waals surface area (Å²) in [7, 11) is 0. The molecule has 1 heterocycles. The van der Waals surface area contributed by atoms with Gasteiger partial charge in [0.05, 0.1) is 18.2 Å². The van der Waals surface area contributed by atoms with Crippen LogP contribution in [-0.4, -0.2) is 41.6 Å². The van der Waals surface area contributed by atoms with Crippen molar-refractivity contribution in [2.75, 3.05) is 25.1 Å². The topological polar surface area (TPSA) is 79.9 Å². The minimum Gasteiger partial charge on any atom is -0.484 e. The first-order valence-corrected chi connectivity index (χ1v) is 11.4. The molecule has 0 saturated heterocycles. The van der Waals surface area contributed by atoms with E-state index in [0.29, 0.717) is 33.7 Å². The van der Waals surface area contributed by atoms with E-state index in [1.165, 1.54) is 0 Å². The van der Waals surface area contributed by atoms with Crippen molar-refractivity contribution in [1.29, 1.82) is 0 Å². The van der Waals surface area contributed by atoms with Gasteiger partial charge in [-0.3, -0.25) is 4.79 Å². The summed E-state index contributed by atoms with van der Waals surface area (Å²) in [6.07, 6.45) is 0. The number of allylic oxidation sites excluding steroid dienone is 1. The lowest BCUT2D eigenvalue weighted by Gasteiger charge is -2.37. The number of hydrogen-bond acceptors (Lipinski definition) is 5. The van der Waals surface area contributed by atoms with Gasteiger partial charge in [0, 0.05) is 23.0 Å². The van der Waals surface area contributed by atoms with Gasteiger partial charge in [0.1, 0.15) is 5.75 Å². The van der Waals surface area contributed by atoms with E-state index in [0.717, 1.165) is 11.3 Å². The van der Waals surface area contributed by atoms with Gasteiger partial charge in [-0.25, -0.2) is 4.79 Å². The molecule has 2 N–H and O–H groups in total. The minimum absolute atomic E-state index is 0.135. The zero-order valence-corrected chi connectivity index (χ0v) is 20.3. The lowest BCUT2D eigenvalue weighted by Crippen LogP contribution is -2.47. The zero-order chi connectivity index (χ0) is 24.0. The molecule has 1 atom stereocenters. The number of hydrogen-bond donors (Lipinski definition) is 2. The van der Waals surface area contributed by atoms with Crippen LogP contribution in [0.15, 0.2) is 59.8 Å². The van der Waals surface area contributed by atoms with Gasteiger partial charge in [-0.2, -0.15) is 0 Å². The van der Waals surface area contributed by atoms with Crippen molar-refractivity contribution in [1.82, 2.24) is 10.2 Å². The minimum atomic E-state index is -0.447. The normalized spacial score (nSPS) is 15.7. The summed E-state index contributed by atoms with van der Waals surface area (Å²) in [5, 5.41) is 7.17. The van der Waals surface area contributed by atoms with Gasteiger partial charge in [-0.05, 0) is 75.0 Å². The number of esters is 1. The van der Waals surface area contributed by atoms with Crippen LogP contribution in [-0.2, 0) is 14.3 Å². The largest absolute Gasteiger partial charge is 0.484 e. The molecule has 0 spiro atoms. The van der Waals surface area contributed by atoms with E-state index < -0.39 is 6.04 Å². The third-order valence-electron chi connectivity index (χ3n) is 5.12. The number of ether oxygens (including phenoxy) is 2. The molecule has 174 valence electrons. The second kappa shape index (κ2) is 11.2. The molecule has 2 aromatic carbocycles. The van der Waals surface area contributed by atoms with Crippen LogP contribution in [0.5, 0.6) is 5.75 Å². The van der Waals surface area contributed by atoms with Gasteiger partial charge < -0.3 is 25.0 Å². The molecule has 7 nitrogen and oxygen atoms in total. The molecule has 0 fully saturated rings. The number of nitrogens with one attached hydrogen (secondary N) is 2. The maximum atomic E-state index is 12.7. The summed E-state index contributed by atoms with van der Waals surface area (Å²) < 4.78 is 10.8. The molecule has 0 radical (unpaired) electrons. The summed E-state index contributed by atoms with van der Waals surface area (Å²) >= 11 is 11.3. The molecule has 0 saturated carbocycles. The highest BCUT2D eigenvalue weighted by Gasteiger charge is 2.34. The number of carbonyl (C=O) groups is 2. The lowest BCUT2D eigenvalue weighted by molar-refractivity contribution is -0.139. The number of benzene rings is 2. The van der Waals surface area contributed by atoms with Crippen LogP contribution in [0.4, 0.5) is 5.69 Å². The predicted molar refractivity (Wildman–Crippen MR) is 132 cm³/mol. The fraction of sp³-hybridized carbons (Fsp3) is 0.292. The van der Waals surface area contributed by atoms with Crippen molar-refractivity contribution >= 4 is 46.5 Å². The maximum absolute atomic E-state index is 12.7. The van der Waals surface area contributed by atoms with Gasteiger partial charge in [-0.15, -0.1) is 0 Å². The van der Waals surface area contributed by atoms with Crippen molar-refractivity contribution in [3.05, 3.63) is 70.4 Å². The number of nitrogens with zero attached hydrogens (tertiary/aromatic N) is 1. The fourth-order valence-electron chi connectivity index (χ4n) is 3.52. The van der Waals surface area contributed by atoms with Crippen LogP contribution >= 0.6 is 23.8 Å². The van der Waals surface area contributed by atoms with Gasteiger partial charge in [0.15, 0.2) is 11.7 Å². The van der Waals surface area contributed by atoms with E-state index in [2.05, 4.69) is 10.6 Å². The monoisotopic (exact) mass is 487 g/mol. The van der Waals surface area contributed by atoms with Crippen LogP contribution in [0.25, 0.3) is 0 Å². The van der Waals surface area contributed by atoms with E-state index >= 15 is 0 Å². The summed E-state index contributed by atoms with van der Waals surface area (Å²) in [6, 6.07) is 13.5. The predicted octanol–water partition coefficient (Wildman–Crippen LogP) is 4.45. The third kappa shape index (κ3) is 6.03. The van der Waals surface area contributed by atoms with Gasteiger partial charge in [0.2, 0.25) is 0 Å². The SMILES string of the molecule is CCOC(=O)C1=C(C)N(CC)C(=S)NC1c1ccc(NC(=O)COc2ccc(Cl)cc2)cc1. The van der Waals surface area contributed by atoms with Crippen molar-refractivity contribution < 1.29 is 19.1 Å². The average molecular weight is 488 g/mol. The van der Waals surface area contributed by atoms with Crippen LogP contribution < -0.4 is 15.4 Å². The zero-order valence-electron chi connectivity index (χ0n) is 18.7. The van der Waals surface area contributed by atoms with Crippen LogP contribution in [0, 0.1) is 0 Å². The second-order valence-electron chi connectivity index (χ2n) is 7.26. The highest BCUT2D eigenvalue weighted by Crippen LogP contribution is 2.32. The van der Waals surface area contributed by atoms with E-state index in [1.807, 2.05) is 30.9 Å². The Morgan fingerprint density at radius 3 is 2.39 bits per heavy atom. The van der Waals surface area contributed by atoms with Crippen LogP contribution in [0.3, 0.4) is 0 Å². The van der Waals surface area contributed by atoms with E-state index in [-0.39, 0.29) is 25.1 Å². The standard InChI is InChI=1S/C24H26ClN3O4S/c1-4-28-15(3)21(23(30)31-5-2)22(27-24(28)33)16-6-10-18(11-7-16)26-20(29)14-32-19-12-8-17(25)9-13-19/h6-13,22H,4-5,14H2,1-3H3,(H,26,29)(H,27,33).